The summed E-state index contributed by atoms with van der Waals surface area (Å²) in [6, 6.07) is 3.88. The quantitative estimate of drug-likeness (QED) is 0.765. The van der Waals surface area contributed by atoms with Crippen LogP contribution in [0.3, 0.4) is 0 Å². The molecule has 0 amide bonds. The van der Waals surface area contributed by atoms with Crippen LogP contribution in [0.25, 0.3) is 0 Å². The molecule has 18 heavy (non-hydrogen) atoms. The van der Waals surface area contributed by atoms with Crippen LogP contribution in [0.15, 0.2) is 36.4 Å². The number of methoxy groups -OCH3 is 3. The van der Waals surface area contributed by atoms with E-state index in [1.54, 1.807) is 21.3 Å². The molecule has 0 aromatic heterocycles. The third-order valence-corrected chi connectivity index (χ3v) is 3.77. The zero-order valence-electron chi connectivity index (χ0n) is 10.8. The van der Waals surface area contributed by atoms with Gasteiger partial charge in [-0.25, -0.2) is 0 Å². The fraction of sp³-hybridized carbons (Fsp3) is 0.333. The molecule has 0 radical (unpaired) electrons. The number of benzene rings is 1. The van der Waals surface area contributed by atoms with Crippen LogP contribution in [0.1, 0.15) is 17.0 Å². The van der Waals surface area contributed by atoms with Gasteiger partial charge in [-0.2, -0.15) is 0 Å². The Labute approximate surface area is 107 Å². The molecule has 0 spiro atoms. The molecule has 0 fully saturated rings. The summed E-state index contributed by atoms with van der Waals surface area (Å²) in [6.07, 6.45) is 8.46. The van der Waals surface area contributed by atoms with Gasteiger partial charge in [-0.05, 0) is 24.3 Å². The number of rotatable bonds is 3. The predicted octanol–water partition coefficient (Wildman–Crippen LogP) is 2.77. The lowest BCUT2D eigenvalue weighted by molar-refractivity contribution is 0.0639. The first-order chi connectivity index (χ1) is 8.75. The Morgan fingerprint density at radius 2 is 1.56 bits per heavy atom. The highest BCUT2D eigenvalue weighted by molar-refractivity contribution is 5.63. The number of allylic oxidation sites excluding steroid dienone is 2. The summed E-state index contributed by atoms with van der Waals surface area (Å²) < 4.78 is 16.7. The molecule has 0 aliphatic heterocycles. The monoisotopic (exact) mass is 244 g/mol. The molecule has 3 aliphatic rings. The lowest BCUT2D eigenvalue weighted by Crippen LogP contribution is -2.32. The second-order valence-corrected chi connectivity index (χ2v) is 4.50. The molecule has 0 atom stereocenters. The van der Waals surface area contributed by atoms with Crippen molar-refractivity contribution in [3.8, 4) is 11.5 Å². The van der Waals surface area contributed by atoms with E-state index in [1.807, 2.05) is 12.1 Å². The SMILES string of the molecule is COc1ccc(OC)c2c1C1C=CC2(OC)C=C1. The molecule has 4 rings (SSSR count). The molecule has 94 valence electrons. The highest BCUT2D eigenvalue weighted by atomic mass is 16.5. The molecule has 2 bridgehead atoms. The molecular weight excluding hydrogens is 228 g/mol. The average Bonchev–Trinajstić information content (AvgIpc) is 2.47. The molecule has 3 heteroatoms. The first-order valence-corrected chi connectivity index (χ1v) is 5.95. The number of ether oxygens (including phenoxy) is 3. The van der Waals surface area contributed by atoms with Crippen molar-refractivity contribution in [3.05, 3.63) is 47.6 Å². The summed E-state index contributed by atoms with van der Waals surface area (Å²) in [7, 11) is 5.08. The Balaban J connectivity index is 2.32. The summed E-state index contributed by atoms with van der Waals surface area (Å²) in [5.74, 6) is 1.96. The number of hydrogen-bond acceptors (Lipinski definition) is 3. The maximum atomic E-state index is 5.73. The van der Waals surface area contributed by atoms with Gasteiger partial charge in [0.05, 0.1) is 14.2 Å². The molecule has 1 aromatic rings. The van der Waals surface area contributed by atoms with E-state index < -0.39 is 5.60 Å². The zero-order chi connectivity index (χ0) is 12.8. The Morgan fingerprint density at radius 3 is 2.11 bits per heavy atom. The van der Waals surface area contributed by atoms with Gasteiger partial charge in [0.25, 0.3) is 0 Å². The summed E-state index contributed by atoms with van der Waals surface area (Å²) in [4.78, 5) is 0. The Kier molecular flexibility index (Phi) is 2.45. The van der Waals surface area contributed by atoms with Gasteiger partial charge in [0.2, 0.25) is 0 Å². The van der Waals surface area contributed by atoms with Crippen molar-refractivity contribution in [2.24, 2.45) is 0 Å². The van der Waals surface area contributed by atoms with Crippen LogP contribution in [-0.2, 0) is 10.3 Å². The van der Waals surface area contributed by atoms with E-state index in [0.717, 1.165) is 22.6 Å². The molecule has 0 unspecified atom stereocenters. The van der Waals surface area contributed by atoms with E-state index in [1.165, 1.54) is 0 Å². The summed E-state index contributed by atoms with van der Waals surface area (Å²) >= 11 is 0. The van der Waals surface area contributed by atoms with Crippen LogP contribution in [-0.4, -0.2) is 21.3 Å². The van der Waals surface area contributed by atoms with Crippen LogP contribution in [0, 0.1) is 0 Å². The minimum Gasteiger partial charge on any atom is -0.496 e. The highest BCUT2D eigenvalue weighted by Crippen LogP contribution is 2.52. The first-order valence-electron chi connectivity index (χ1n) is 5.95. The lowest BCUT2D eigenvalue weighted by atomic mass is 9.72. The predicted molar refractivity (Wildman–Crippen MR) is 69.3 cm³/mol. The van der Waals surface area contributed by atoms with Crippen molar-refractivity contribution in [1.29, 1.82) is 0 Å². The normalized spacial score (nSPS) is 27.2. The van der Waals surface area contributed by atoms with Gasteiger partial charge in [0.15, 0.2) is 0 Å². The third kappa shape index (κ3) is 1.28. The third-order valence-electron chi connectivity index (χ3n) is 3.77. The first kappa shape index (κ1) is 11.4. The standard InChI is InChI=1S/C15H16O3/c1-16-11-4-5-12(17-2)14-13(11)10-6-8-15(14,18-3)9-7-10/h4-10H,1-3H3. The molecule has 1 aromatic carbocycles. The smallest absolute Gasteiger partial charge is 0.133 e. The van der Waals surface area contributed by atoms with E-state index in [0.29, 0.717) is 0 Å². The molecule has 0 heterocycles. The highest BCUT2D eigenvalue weighted by Gasteiger charge is 2.41. The Hall–Kier alpha value is -1.74. The van der Waals surface area contributed by atoms with Crippen LogP contribution < -0.4 is 9.47 Å². The Morgan fingerprint density at radius 1 is 0.944 bits per heavy atom. The van der Waals surface area contributed by atoms with Crippen LogP contribution in [0.4, 0.5) is 0 Å². The van der Waals surface area contributed by atoms with E-state index in [2.05, 4.69) is 24.3 Å². The summed E-state index contributed by atoms with van der Waals surface area (Å²) in [5, 5.41) is 0. The average molecular weight is 244 g/mol. The second-order valence-electron chi connectivity index (χ2n) is 4.50. The fourth-order valence-electron chi connectivity index (χ4n) is 2.87. The Bertz CT molecular complexity index is 529. The molecule has 0 N–H and O–H groups in total. The largest absolute Gasteiger partial charge is 0.496 e. The van der Waals surface area contributed by atoms with E-state index in [4.69, 9.17) is 14.2 Å². The van der Waals surface area contributed by atoms with Gasteiger partial charge < -0.3 is 14.2 Å². The van der Waals surface area contributed by atoms with Crippen LogP contribution in [0.2, 0.25) is 0 Å². The lowest BCUT2D eigenvalue weighted by Gasteiger charge is -2.39. The van der Waals surface area contributed by atoms with Crippen molar-refractivity contribution in [3.63, 3.8) is 0 Å². The van der Waals surface area contributed by atoms with Gasteiger partial charge in [-0.15, -0.1) is 0 Å². The topological polar surface area (TPSA) is 27.7 Å². The van der Waals surface area contributed by atoms with Gasteiger partial charge in [0.1, 0.15) is 17.1 Å². The minimum atomic E-state index is -0.524. The maximum absolute atomic E-state index is 5.73. The summed E-state index contributed by atoms with van der Waals surface area (Å²) in [6.45, 7) is 0. The molecule has 0 saturated heterocycles. The van der Waals surface area contributed by atoms with Gasteiger partial charge in [-0.3, -0.25) is 0 Å². The van der Waals surface area contributed by atoms with Crippen molar-refractivity contribution in [2.75, 3.05) is 21.3 Å². The number of hydrogen-bond donors (Lipinski definition) is 0. The van der Waals surface area contributed by atoms with Gasteiger partial charge in [0, 0.05) is 24.2 Å². The maximum Gasteiger partial charge on any atom is 0.133 e. The molecule has 3 nitrogen and oxygen atoms in total. The molecule has 0 saturated carbocycles. The summed E-state index contributed by atoms with van der Waals surface area (Å²) in [5.41, 5.74) is 1.68. The molecular formula is C15H16O3. The minimum absolute atomic E-state index is 0.238. The van der Waals surface area contributed by atoms with Crippen molar-refractivity contribution in [1.82, 2.24) is 0 Å². The zero-order valence-corrected chi connectivity index (χ0v) is 10.8. The van der Waals surface area contributed by atoms with Crippen LogP contribution in [0.5, 0.6) is 11.5 Å². The van der Waals surface area contributed by atoms with Crippen molar-refractivity contribution < 1.29 is 14.2 Å². The molecule has 3 aliphatic carbocycles. The fourth-order valence-corrected chi connectivity index (χ4v) is 2.87. The van der Waals surface area contributed by atoms with E-state index in [-0.39, 0.29) is 5.92 Å². The van der Waals surface area contributed by atoms with E-state index >= 15 is 0 Å². The van der Waals surface area contributed by atoms with Crippen molar-refractivity contribution >= 4 is 0 Å². The van der Waals surface area contributed by atoms with Crippen molar-refractivity contribution in [2.45, 2.75) is 11.5 Å². The second kappa shape index (κ2) is 3.89. The van der Waals surface area contributed by atoms with Crippen LogP contribution >= 0.6 is 0 Å². The van der Waals surface area contributed by atoms with Gasteiger partial charge in [-0.1, -0.05) is 12.2 Å². The van der Waals surface area contributed by atoms with E-state index in [9.17, 15) is 0 Å². The van der Waals surface area contributed by atoms with Gasteiger partial charge >= 0.3 is 0 Å².